The number of anilines is 2. The molecule has 0 saturated heterocycles. The Morgan fingerprint density at radius 3 is 2.83 bits per heavy atom. The molecule has 2 heterocycles. The minimum absolute atomic E-state index is 0.261. The minimum Gasteiger partial charge on any atom is -0.399 e. The first kappa shape index (κ1) is 12.5. The fourth-order valence-electron chi connectivity index (χ4n) is 1.37. The summed E-state index contributed by atoms with van der Waals surface area (Å²) in [6.45, 7) is 1.85. The van der Waals surface area contributed by atoms with Crippen LogP contribution in [0.25, 0.3) is 0 Å². The van der Waals surface area contributed by atoms with E-state index in [1.165, 1.54) is 12.3 Å². The van der Waals surface area contributed by atoms with Gasteiger partial charge in [0.25, 0.3) is 5.91 Å². The number of amides is 1. The average molecular weight is 307 g/mol. The second kappa shape index (κ2) is 5.14. The summed E-state index contributed by atoms with van der Waals surface area (Å²) in [4.78, 5) is 20.1. The topological polar surface area (TPSA) is 80.9 Å². The van der Waals surface area contributed by atoms with E-state index in [-0.39, 0.29) is 11.6 Å². The normalized spacial score (nSPS) is 10.1. The Labute approximate surface area is 113 Å². The van der Waals surface area contributed by atoms with Crippen molar-refractivity contribution >= 4 is 33.3 Å². The van der Waals surface area contributed by atoms with Crippen molar-refractivity contribution in [1.82, 2.24) is 9.97 Å². The Morgan fingerprint density at radius 2 is 2.17 bits per heavy atom. The molecule has 0 spiro atoms. The molecule has 18 heavy (non-hydrogen) atoms. The number of aryl methyl sites for hydroxylation is 1. The Bertz CT molecular complexity index is 600. The zero-order valence-corrected chi connectivity index (χ0v) is 11.2. The van der Waals surface area contributed by atoms with Gasteiger partial charge in [0, 0.05) is 16.4 Å². The summed E-state index contributed by atoms with van der Waals surface area (Å²) in [7, 11) is 0. The summed E-state index contributed by atoms with van der Waals surface area (Å²) in [6, 6.07) is 6.67. The fourth-order valence-corrected chi connectivity index (χ4v) is 1.59. The highest BCUT2D eigenvalue weighted by Crippen LogP contribution is 2.16. The van der Waals surface area contributed by atoms with Gasteiger partial charge in [-0.2, -0.15) is 0 Å². The second-order valence-corrected chi connectivity index (χ2v) is 4.55. The van der Waals surface area contributed by atoms with E-state index >= 15 is 0 Å². The SMILES string of the molecule is Cc1nc(NC(=O)c2cc(N)ccn2)ccc1Br. The lowest BCUT2D eigenvalue weighted by atomic mass is 10.3. The zero-order valence-electron chi connectivity index (χ0n) is 9.64. The number of hydrogen-bond acceptors (Lipinski definition) is 4. The predicted octanol–water partition coefficient (Wildman–Crippen LogP) is 2.38. The molecule has 0 aliphatic rings. The number of carbonyl (C=O) groups excluding carboxylic acids is 1. The number of aromatic nitrogens is 2. The van der Waals surface area contributed by atoms with E-state index in [1.54, 1.807) is 12.1 Å². The molecule has 0 aliphatic carbocycles. The standard InChI is InChI=1S/C12H11BrN4O/c1-7-9(13)2-3-11(16-7)17-12(18)10-6-8(14)4-5-15-10/h2-6H,1H3,(H2,14,15)(H,16,17,18). The highest BCUT2D eigenvalue weighted by Gasteiger charge is 2.09. The van der Waals surface area contributed by atoms with Gasteiger partial charge in [-0.25, -0.2) is 4.98 Å². The molecule has 5 nitrogen and oxygen atoms in total. The number of rotatable bonds is 2. The van der Waals surface area contributed by atoms with Crippen molar-refractivity contribution in [2.24, 2.45) is 0 Å². The van der Waals surface area contributed by atoms with Gasteiger partial charge in [0.15, 0.2) is 0 Å². The van der Waals surface area contributed by atoms with Crippen LogP contribution in [0.1, 0.15) is 16.2 Å². The lowest BCUT2D eigenvalue weighted by molar-refractivity contribution is 0.102. The molecule has 2 aromatic heterocycles. The summed E-state index contributed by atoms with van der Waals surface area (Å²) < 4.78 is 0.891. The maximum absolute atomic E-state index is 11.9. The van der Waals surface area contributed by atoms with Gasteiger partial charge in [-0.3, -0.25) is 9.78 Å². The van der Waals surface area contributed by atoms with Crippen LogP contribution in [0.5, 0.6) is 0 Å². The third-order valence-corrected chi connectivity index (χ3v) is 3.12. The average Bonchev–Trinajstić information content (AvgIpc) is 2.34. The van der Waals surface area contributed by atoms with Gasteiger partial charge in [-0.15, -0.1) is 0 Å². The molecule has 6 heteroatoms. The number of nitrogen functional groups attached to an aromatic ring is 1. The van der Waals surface area contributed by atoms with Crippen molar-refractivity contribution in [2.75, 3.05) is 11.1 Å². The molecule has 0 aromatic carbocycles. The summed E-state index contributed by atoms with van der Waals surface area (Å²) in [5.74, 6) is 0.140. The zero-order chi connectivity index (χ0) is 13.1. The Hall–Kier alpha value is -1.95. The Balaban J connectivity index is 2.18. The lowest BCUT2D eigenvalue weighted by Gasteiger charge is -2.06. The Morgan fingerprint density at radius 1 is 1.39 bits per heavy atom. The maximum Gasteiger partial charge on any atom is 0.275 e. The highest BCUT2D eigenvalue weighted by atomic mass is 79.9. The summed E-state index contributed by atoms with van der Waals surface area (Å²) in [5.41, 5.74) is 7.15. The molecule has 0 atom stereocenters. The summed E-state index contributed by atoms with van der Waals surface area (Å²) >= 11 is 3.35. The number of nitrogens with two attached hydrogens (primary N) is 1. The first-order valence-electron chi connectivity index (χ1n) is 5.22. The van der Waals surface area contributed by atoms with Gasteiger partial charge in [0.2, 0.25) is 0 Å². The van der Waals surface area contributed by atoms with E-state index in [4.69, 9.17) is 5.73 Å². The van der Waals surface area contributed by atoms with E-state index in [9.17, 15) is 4.79 Å². The van der Waals surface area contributed by atoms with E-state index in [2.05, 4.69) is 31.2 Å². The van der Waals surface area contributed by atoms with Crippen LogP contribution in [0.3, 0.4) is 0 Å². The molecule has 92 valence electrons. The third-order valence-electron chi connectivity index (χ3n) is 2.28. The molecule has 0 unspecified atom stereocenters. The number of halogens is 1. The van der Waals surface area contributed by atoms with E-state index in [1.807, 2.05) is 13.0 Å². The molecule has 0 fully saturated rings. The van der Waals surface area contributed by atoms with Crippen LogP contribution in [0.2, 0.25) is 0 Å². The van der Waals surface area contributed by atoms with E-state index in [0.29, 0.717) is 11.5 Å². The van der Waals surface area contributed by atoms with Crippen LogP contribution in [-0.2, 0) is 0 Å². The van der Waals surface area contributed by atoms with Crippen LogP contribution >= 0.6 is 15.9 Å². The highest BCUT2D eigenvalue weighted by molar-refractivity contribution is 9.10. The smallest absolute Gasteiger partial charge is 0.275 e. The van der Waals surface area contributed by atoms with E-state index < -0.39 is 0 Å². The number of nitrogens with zero attached hydrogens (tertiary/aromatic N) is 2. The number of carbonyl (C=O) groups is 1. The Kier molecular flexibility index (Phi) is 3.57. The molecule has 0 radical (unpaired) electrons. The van der Waals surface area contributed by atoms with Gasteiger partial charge < -0.3 is 11.1 Å². The van der Waals surface area contributed by atoms with Gasteiger partial charge in [-0.1, -0.05) is 0 Å². The molecular formula is C12H11BrN4O. The number of hydrogen-bond donors (Lipinski definition) is 2. The molecule has 3 N–H and O–H groups in total. The first-order chi connectivity index (χ1) is 8.56. The van der Waals surface area contributed by atoms with Gasteiger partial charge >= 0.3 is 0 Å². The second-order valence-electron chi connectivity index (χ2n) is 3.69. The van der Waals surface area contributed by atoms with Crippen LogP contribution in [0.15, 0.2) is 34.9 Å². The van der Waals surface area contributed by atoms with E-state index in [0.717, 1.165) is 10.2 Å². The molecule has 2 rings (SSSR count). The number of pyridine rings is 2. The predicted molar refractivity (Wildman–Crippen MR) is 73.3 cm³/mol. The van der Waals surface area contributed by atoms with Crippen molar-refractivity contribution < 1.29 is 4.79 Å². The third kappa shape index (κ3) is 2.84. The van der Waals surface area contributed by atoms with Gasteiger partial charge in [0.1, 0.15) is 11.5 Å². The van der Waals surface area contributed by atoms with Crippen molar-refractivity contribution in [3.8, 4) is 0 Å². The van der Waals surface area contributed by atoms with Crippen LogP contribution in [0.4, 0.5) is 11.5 Å². The van der Waals surface area contributed by atoms with Gasteiger partial charge in [-0.05, 0) is 47.1 Å². The summed E-state index contributed by atoms with van der Waals surface area (Å²) in [6.07, 6.45) is 1.49. The lowest BCUT2D eigenvalue weighted by Crippen LogP contribution is -2.15. The molecule has 0 aliphatic heterocycles. The molecule has 0 bridgehead atoms. The van der Waals surface area contributed by atoms with Crippen molar-refractivity contribution in [3.05, 3.63) is 46.3 Å². The van der Waals surface area contributed by atoms with Crippen LogP contribution in [-0.4, -0.2) is 15.9 Å². The van der Waals surface area contributed by atoms with Crippen molar-refractivity contribution in [3.63, 3.8) is 0 Å². The van der Waals surface area contributed by atoms with Crippen molar-refractivity contribution in [2.45, 2.75) is 6.92 Å². The molecule has 0 saturated carbocycles. The van der Waals surface area contributed by atoms with Gasteiger partial charge in [0.05, 0.1) is 5.69 Å². The quantitative estimate of drug-likeness (QED) is 0.892. The molecular weight excluding hydrogens is 296 g/mol. The maximum atomic E-state index is 11.9. The number of nitrogens with one attached hydrogen (secondary N) is 1. The van der Waals surface area contributed by atoms with Crippen LogP contribution in [0, 0.1) is 6.92 Å². The largest absolute Gasteiger partial charge is 0.399 e. The first-order valence-corrected chi connectivity index (χ1v) is 6.01. The minimum atomic E-state index is -0.337. The monoisotopic (exact) mass is 306 g/mol. The van der Waals surface area contributed by atoms with Crippen molar-refractivity contribution in [1.29, 1.82) is 0 Å². The molecule has 2 aromatic rings. The summed E-state index contributed by atoms with van der Waals surface area (Å²) in [5, 5.41) is 2.66. The fraction of sp³-hybridized carbons (Fsp3) is 0.0833. The van der Waals surface area contributed by atoms with Crippen LogP contribution < -0.4 is 11.1 Å². The molecule has 1 amide bonds.